The largest absolute Gasteiger partial charge is 0.354 e. The molecule has 0 aliphatic rings. The first-order valence-electron chi connectivity index (χ1n) is 7.39. The molecule has 1 rings (SSSR count). The summed E-state index contributed by atoms with van der Waals surface area (Å²) in [5, 5.41) is 3.00. The van der Waals surface area contributed by atoms with Gasteiger partial charge in [0, 0.05) is 12.0 Å². The Bertz CT molecular complexity index is 460. The molecular formula is C17H29ClN2O. The summed E-state index contributed by atoms with van der Waals surface area (Å²) in [6.07, 6.45) is 0.912. The van der Waals surface area contributed by atoms with E-state index in [1.165, 1.54) is 11.1 Å². The quantitative estimate of drug-likeness (QED) is 0.847. The number of rotatable bonds is 6. The highest BCUT2D eigenvalue weighted by Gasteiger charge is 2.25. The van der Waals surface area contributed by atoms with Crippen molar-refractivity contribution >= 4 is 18.3 Å². The molecule has 1 aromatic carbocycles. The summed E-state index contributed by atoms with van der Waals surface area (Å²) in [7, 11) is 0. The number of carbonyl (C=O) groups excluding carboxylic acids is 1. The first kappa shape index (κ1) is 19.9. The third-order valence-electron chi connectivity index (χ3n) is 4.14. The fraction of sp³-hybridized carbons (Fsp3) is 0.588. The predicted molar refractivity (Wildman–Crippen MR) is 91.9 cm³/mol. The van der Waals surface area contributed by atoms with E-state index in [2.05, 4.69) is 45.1 Å². The number of carbonyl (C=O) groups is 1. The van der Waals surface area contributed by atoms with Gasteiger partial charge in [0.2, 0.25) is 5.91 Å². The molecule has 0 bridgehead atoms. The van der Waals surface area contributed by atoms with E-state index in [-0.39, 0.29) is 29.6 Å². The lowest BCUT2D eigenvalue weighted by molar-refractivity contribution is -0.123. The van der Waals surface area contributed by atoms with Crippen LogP contribution in [-0.2, 0) is 10.2 Å². The zero-order valence-corrected chi connectivity index (χ0v) is 14.6. The van der Waals surface area contributed by atoms with Crippen LogP contribution in [0.3, 0.4) is 0 Å². The summed E-state index contributed by atoms with van der Waals surface area (Å²) in [4.78, 5) is 12.1. The van der Waals surface area contributed by atoms with E-state index >= 15 is 0 Å². The number of hydrogen-bond donors (Lipinski definition) is 2. The average Bonchev–Trinajstić information content (AvgIpc) is 2.43. The molecule has 0 spiro atoms. The van der Waals surface area contributed by atoms with Gasteiger partial charge in [-0.1, -0.05) is 58.4 Å². The lowest BCUT2D eigenvalue weighted by Gasteiger charge is -2.28. The minimum Gasteiger partial charge on any atom is -0.354 e. The van der Waals surface area contributed by atoms with Crippen LogP contribution in [0, 0.1) is 12.8 Å². The van der Waals surface area contributed by atoms with E-state index in [0.717, 1.165) is 6.42 Å². The van der Waals surface area contributed by atoms with E-state index in [9.17, 15) is 4.79 Å². The first-order valence-corrected chi connectivity index (χ1v) is 7.39. The first-order chi connectivity index (χ1) is 9.29. The average molecular weight is 313 g/mol. The third kappa shape index (κ3) is 5.33. The Balaban J connectivity index is 0.00000400. The van der Waals surface area contributed by atoms with Gasteiger partial charge in [-0.3, -0.25) is 4.79 Å². The van der Waals surface area contributed by atoms with Crippen LogP contribution in [-0.4, -0.2) is 18.5 Å². The minimum absolute atomic E-state index is 0. The highest BCUT2D eigenvalue weighted by molar-refractivity contribution is 5.85. The molecule has 0 radical (unpaired) electrons. The molecule has 0 saturated carbocycles. The molecule has 120 valence electrons. The number of nitrogens with two attached hydrogens (primary N) is 1. The summed E-state index contributed by atoms with van der Waals surface area (Å²) >= 11 is 0. The fourth-order valence-corrected chi connectivity index (χ4v) is 2.37. The van der Waals surface area contributed by atoms with Crippen molar-refractivity contribution in [3.8, 4) is 0 Å². The molecule has 2 atom stereocenters. The maximum atomic E-state index is 12.1. The van der Waals surface area contributed by atoms with Gasteiger partial charge in [-0.05, 0) is 24.0 Å². The Labute approximate surface area is 135 Å². The summed E-state index contributed by atoms with van der Waals surface area (Å²) in [5.74, 6) is 0.151. The molecule has 0 aliphatic carbocycles. The molecule has 0 aromatic heterocycles. The number of nitrogens with one attached hydrogen (secondary N) is 1. The van der Waals surface area contributed by atoms with Gasteiger partial charge < -0.3 is 11.1 Å². The molecule has 0 aliphatic heterocycles. The van der Waals surface area contributed by atoms with Crippen LogP contribution < -0.4 is 11.1 Å². The van der Waals surface area contributed by atoms with Crippen LogP contribution in [0.5, 0.6) is 0 Å². The van der Waals surface area contributed by atoms with E-state index in [4.69, 9.17) is 5.73 Å². The smallest absolute Gasteiger partial charge is 0.237 e. The second kappa shape index (κ2) is 8.40. The van der Waals surface area contributed by atoms with Crippen molar-refractivity contribution in [2.75, 3.05) is 6.54 Å². The van der Waals surface area contributed by atoms with Crippen molar-refractivity contribution in [1.82, 2.24) is 5.32 Å². The molecule has 3 N–H and O–H groups in total. The Hall–Kier alpha value is -1.06. The number of hydrogen-bond acceptors (Lipinski definition) is 2. The number of amides is 1. The molecule has 3 nitrogen and oxygen atoms in total. The zero-order valence-electron chi connectivity index (χ0n) is 13.8. The number of benzene rings is 1. The summed E-state index contributed by atoms with van der Waals surface area (Å²) in [6.45, 7) is 11.0. The van der Waals surface area contributed by atoms with Crippen molar-refractivity contribution in [2.24, 2.45) is 11.7 Å². The standard InChI is InChI=1S/C17H28N2O.ClH/c1-6-12(2)15(18)16(20)19-11-17(4,5)14-10-8-7-9-13(14)3;/h7-10,12,15H,6,11,18H2,1-5H3,(H,19,20);1H. The molecule has 0 heterocycles. The lowest BCUT2D eigenvalue weighted by atomic mass is 9.82. The van der Waals surface area contributed by atoms with Gasteiger partial charge in [0.1, 0.15) is 0 Å². The lowest BCUT2D eigenvalue weighted by Crippen LogP contribution is -2.48. The molecule has 1 amide bonds. The van der Waals surface area contributed by atoms with Crippen molar-refractivity contribution in [3.63, 3.8) is 0 Å². The highest BCUT2D eigenvalue weighted by Crippen LogP contribution is 2.25. The molecule has 21 heavy (non-hydrogen) atoms. The minimum atomic E-state index is -0.423. The Morgan fingerprint density at radius 1 is 1.33 bits per heavy atom. The maximum Gasteiger partial charge on any atom is 0.237 e. The van der Waals surface area contributed by atoms with Gasteiger partial charge >= 0.3 is 0 Å². The topological polar surface area (TPSA) is 55.1 Å². The van der Waals surface area contributed by atoms with Crippen LogP contribution in [0.4, 0.5) is 0 Å². The van der Waals surface area contributed by atoms with Crippen LogP contribution in [0.1, 0.15) is 45.2 Å². The summed E-state index contributed by atoms with van der Waals surface area (Å²) < 4.78 is 0. The van der Waals surface area contributed by atoms with Crippen molar-refractivity contribution < 1.29 is 4.79 Å². The zero-order chi connectivity index (χ0) is 15.3. The van der Waals surface area contributed by atoms with Gasteiger partial charge in [0.25, 0.3) is 0 Å². The third-order valence-corrected chi connectivity index (χ3v) is 4.14. The molecule has 0 fully saturated rings. The Morgan fingerprint density at radius 2 is 1.90 bits per heavy atom. The molecule has 1 aromatic rings. The second-order valence-corrected chi connectivity index (χ2v) is 6.33. The summed E-state index contributed by atoms with van der Waals surface area (Å²) in [6, 6.07) is 7.87. The van der Waals surface area contributed by atoms with Crippen molar-refractivity contribution in [2.45, 2.75) is 52.5 Å². The van der Waals surface area contributed by atoms with Gasteiger partial charge in [-0.25, -0.2) is 0 Å². The molecule has 0 saturated heterocycles. The second-order valence-electron chi connectivity index (χ2n) is 6.33. The van der Waals surface area contributed by atoms with Crippen molar-refractivity contribution in [3.05, 3.63) is 35.4 Å². The fourth-order valence-electron chi connectivity index (χ4n) is 2.37. The maximum absolute atomic E-state index is 12.1. The highest BCUT2D eigenvalue weighted by atomic mass is 35.5. The van der Waals surface area contributed by atoms with E-state index in [0.29, 0.717) is 6.54 Å². The Morgan fingerprint density at radius 3 is 2.43 bits per heavy atom. The normalized spacial score (nSPS) is 14.0. The van der Waals surface area contributed by atoms with Gasteiger partial charge in [0.15, 0.2) is 0 Å². The van der Waals surface area contributed by atoms with Crippen LogP contribution in [0.2, 0.25) is 0 Å². The predicted octanol–water partition coefficient (Wildman–Crippen LogP) is 3.18. The molecular weight excluding hydrogens is 284 g/mol. The number of aryl methyl sites for hydroxylation is 1. The van der Waals surface area contributed by atoms with E-state index in [1.807, 2.05) is 19.1 Å². The van der Waals surface area contributed by atoms with Crippen LogP contribution in [0.15, 0.2) is 24.3 Å². The summed E-state index contributed by atoms with van der Waals surface area (Å²) in [5.41, 5.74) is 8.37. The van der Waals surface area contributed by atoms with Gasteiger partial charge in [-0.15, -0.1) is 12.4 Å². The molecule has 2 unspecified atom stereocenters. The van der Waals surface area contributed by atoms with Crippen LogP contribution in [0.25, 0.3) is 0 Å². The van der Waals surface area contributed by atoms with Gasteiger partial charge in [-0.2, -0.15) is 0 Å². The van der Waals surface area contributed by atoms with Crippen molar-refractivity contribution in [1.29, 1.82) is 0 Å². The Kier molecular flexibility index (Phi) is 7.98. The number of halogens is 1. The van der Waals surface area contributed by atoms with Gasteiger partial charge in [0.05, 0.1) is 6.04 Å². The SMILES string of the molecule is CCC(C)C(N)C(=O)NCC(C)(C)c1ccccc1C.Cl. The van der Waals surface area contributed by atoms with E-state index < -0.39 is 6.04 Å². The van der Waals surface area contributed by atoms with E-state index in [1.54, 1.807) is 0 Å². The monoisotopic (exact) mass is 312 g/mol. The van der Waals surface area contributed by atoms with Crippen LogP contribution >= 0.6 is 12.4 Å². The molecule has 4 heteroatoms.